The molecule has 0 aromatic heterocycles. The van der Waals surface area contributed by atoms with Crippen molar-refractivity contribution in [2.75, 3.05) is 31.3 Å². The van der Waals surface area contributed by atoms with Crippen LogP contribution in [0.4, 0.5) is 5.69 Å². The Hall–Kier alpha value is -1.31. The number of hydrogen-bond donors (Lipinski definition) is 2. The second kappa shape index (κ2) is 5.99. The average Bonchev–Trinajstić information content (AvgIpc) is 2.74. The van der Waals surface area contributed by atoms with Crippen molar-refractivity contribution in [3.05, 3.63) is 24.3 Å². The lowest BCUT2D eigenvalue weighted by atomic mass is 10.0. The minimum Gasteiger partial charge on any atom is -0.492 e. The van der Waals surface area contributed by atoms with Crippen LogP contribution in [0.25, 0.3) is 0 Å². The van der Waals surface area contributed by atoms with Gasteiger partial charge in [0, 0.05) is 18.4 Å². The van der Waals surface area contributed by atoms with Crippen LogP contribution in [0, 0.1) is 0 Å². The lowest BCUT2D eigenvalue weighted by Crippen LogP contribution is -2.47. The van der Waals surface area contributed by atoms with Gasteiger partial charge in [0.1, 0.15) is 12.4 Å². The molecule has 1 saturated heterocycles. The van der Waals surface area contributed by atoms with Gasteiger partial charge in [-0.05, 0) is 25.5 Å². The van der Waals surface area contributed by atoms with E-state index in [4.69, 9.17) is 15.2 Å². The first-order valence-electron chi connectivity index (χ1n) is 6.46. The van der Waals surface area contributed by atoms with Gasteiger partial charge in [0.15, 0.2) is 0 Å². The maximum Gasteiger partial charge on any atom is 0.215 e. The predicted octanol–water partition coefficient (Wildman–Crippen LogP) is 0.746. The summed E-state index contributed by atoms with van der Waals surface area (Å²) in [6.45, 7) is 2.91. The van der Waals surface area contributed by atoms with Gasteiger partial charge in [-0.2, -0.15) is 0 Å². The maximum absolute atomic E-state index is 12.0. The van der Waals surface area contributed by atoms with E-state index in [9.17, 15) is 8.42 Å². The molecule has 6 nitrogen and oxygen atoms in total. The molecule has 1 aromatic rings. The summed E-state index contributed by atoms with van der Waals surface area (Å²) < 4.78 is 37.2. The third-order valence-electron chi connectivity index (χ3n) is 3.10. The minimum absolute atomic E-state index is 0.0791. The van der Waals surface area contributed by atoms with E-state index >= 15 is 0 Å². The van der Waals surface area contributed by atoms with Gasteiger partial charge in [-0.1, -0.05) is 6.07 Å². The van der Waals surface area contributed by atoms with E-state index in [0.29, 0.717) is 31.1 Å². The molecule has 0 saturated carbocycles. The zero-order chi connectivity index (χ0) is 14.6. The SMILES string of the molecule is CC1(NS(=O)(=O)CCOc2cccc(N)c2)CCOC1. The Balaban J connectivity index is 1.83. The summed E-state index contributed by atoms with van der Waals surface area (Å²) in [6, 6.07) is 6.90. The minimum atomic E-state index is -3.39. The molecule has 1 aromatic carbocycles. The molecular weight excluding hydrogens is 280 g/mol. The van der Waals surface area contributed by atoms with Gasteiger partial charge in [0.2, 0.25) is 10.0 Å². The second-order valence-corrected chi connectivity index (χ2v) is 7.05. The van der Waals surface area contributed by atoms with Gasteiger partial charge >= 0.3 is 0 Å². The molecule has 112 valence electrons. The van der Waals surface area contributed by atoms with Crippen molar-refractivity contribution in [2.24, 2.45) is 0 Å². The molecule has 0 aliphatic carbocycles. The van der Waals surface area contributed by atoms with Crippen LogP contribution < -0.4 is 15.2 Å². The van der Waals surface area contributed by atoms with E-state index in [1.54, 1.807) is 24.3 Å². The summed E-state index contributed by atoms with van der Waals surface area (Å²) in [5, 5.41) is 0. The largest absolute Gasteiger partial charge is 0.492 e. The Morgan fingerprint density at radius 2 is 2.30 bits per heavy atom. The van der Waals surface area contributed by atoms with Gasteiger partial charge in [-0.3, -0.25) is 0 Å². The molecule has 1 fully saturated rings. The summed E-state index contributed by atoms with van der Waals surface area (Å²) >= 11 is 0. The van der Waals surface area contributed by atoms with Crippen LogP contribution in [-0.2, 0) is 14.8 Å². The van der Waals surface area contributed by atoms with Crippen LogP contribution in [0.15, 0.2) is 24.3 Å². The molecule has 0 amide bonds. The van der Waals surface area contributed by atoms with Crippen LogP contribution in [0.5, 0.6) is 5.75 Å². The zero-order valence-corrected chi connectivity index (χ0v) is 12.3. The molecule has 7 heteroatoms. The van der Waals surface area contributed by atoms with Crippen LogP contribution in [0.1, 0.15) is 13.3 Å². The molecule has 3 N–H and O–H groups in total. The standard InChI is InChI=1S/C13H20N2O4S/c1-13(5-6-18-10-13)15-20(16,17)8-7-19-12-4-2-3-11(14)9-12/h2-4,9,15H,5-8,10,14H2,1H3. The smallest absolute Gasteiger partial charge is 0.215 e. The van der Waals surface area contributed by atoms with Crippen molar-refractivity contribution < 1.29 is 17.9 Å². The summed E-state index contributed by atoms with van der Waals surface area (Å²) in [6.07, 6.45) is 0.683. The topological polar surface area (TPSA) is 90.7 Å². The highest BCUT2D eigenvalue weighted by Crippen LogP contribution is 2.19. The molecule has 1 atom stereocenters. The number of sulfonamides is 1. The lowest BCUT2D eigenvalue weighted by molar-refractivity contribution is 0.178. The van der Waals surface area contributed by atoms with E-state index in [1.165, 1.54) is 0 Å². The second-order valence-electron chi connectivity index (χ2n) is 5.21. The third kappa shape index (κ3) is 4.36. The first-order valence-corrected chi connectivity index (χ1v) is 8.12. The molecule has 1 aliphatic heterocycles. The molecule has 1 unspecified atom stereocenters. The van der Waals surface area contributed by atoms with Gasteiger partial charge in [-0.25, -0.2) is 13.1 Å². The quantitative estimate of drug-likeness (QED) is 0.756. The highest BCUT2D eigenvalue weighted by atomic mass is 32.2. The summed E-state index contributed by atoms with van der Waals surface area (Å²) in [5.41, 5.74) is 5.70. The fourth-order valence-electron chi connectivity index (χ4n) is 2.05. The van der Waals surface area contributed by atoms with Gasteiger partial charge in [-0.15, -0.1) is 0 Å². The maximum atomic E-state index is 12.0. The Morgan fingerprint density at radius 1 is 1.50 bits per heavy atom. The van der Waals surface area contributed by atoms with Crippen molar-refractivity contribution in [3.63, 3.8) is 0 Å². The van der Waals surface area contributed by atoms with Crippen LogP contribution in [0.2, 0.25) is 0 Å². The Morgan fingerprint density at radius 3 is 2.95 bits per heavy atom. The number of ether oxygens (including phenoxy) is 2. The average molecular weight is 300 g/mol. The normalized spacial score (nSPS) is 22.9. The number of benzene rings is 1. The van der Waals surface area contributed by atoms with Gasteiger partial charge in [0.25, 0.3) is 0 Å². The van der Waals surface area contributed by atoms with Gasteiger partial charge in [0.05, 0.1) is 17.9 Å². The van der Waals surface area contributed by atoms with E-state index in [0.717, 1.165) is 0 Å². The Kier molecular flexibility index (Phi) is 4.52. The molecule has 0 spiro atoms. The van der Waals surface area contributed by atoms with Crippen molar-refractivity contribution in [2.45, 2.75) is 18.9 Å². The highest BCUT2D eigenvalue weighted by molar-refractivity contribution is 7.89. The molecule has 0 radical (unpaired) electrons. The Labute approximate surface area is 119 Å². The number of anilines is 1. The van der Waals surface area contributed by atoms with E-state index in [1.807, 2.05) is 6.92 Å². The molecule has 2 rings (SSSR count). The first-order chi connectivity index (χ1) is 9.39. The zero-order valence-electron chi connectivity index (χ0n) is 11.5. The van der Waals surface area contributed by atoms with Crippen molar-refractivity contribution >= 4 is 15.7 Å². The summed E-state index contributed by atoms with van der Waals surface area (Å²) in [5.74, 6) is 0.466. The predicted molar refractivity (Wildman–Crippen MR) is 77.1 cm³/mol. The van der Waals surface area contributed by atoms with Crippen LogP contribution in [0.3, 0.4) is 0 Å². The van der Waals surface area contributed by atoms with Crippen molar-refractivity contribution in [1.82, 2.24) is 4.72 Å². The van der Waals surface area contributed by atoms with Crippen LogP contribution in [-0.4, -0.2) is 39.5 Å². The number of rotatable bonds is 6. The van der Waals surface area contributed by atoms with E-state index < -0.39 is 15.6 Å². The molecule has 20 heavy (non-hydrogen) atoms. The van der Waals surface area contributed by atoms with Crippen molar-refractivity contribution in [3.8, 4) is 5.75 Å². The fourth-order valence-corrected chi connectivity index (χ4v) is 3.36. The molecular formula is C13H20N2O4S. The number of nitrogens with two attached hydrogens (primary N) is 1. The summed E-state index contributed by atoms with van der Waals surface area (Å²) in [7, 11) is -3.39. The fraction of sp³-hybridized carbons (Fsp3) is 0.538. The first kappa shape index (κ1) is 15.1. The lowest BCUT2D eigenvalue weighted by Gasteiger charge is -2.23. The van der Waals surface area contributed by atoms with E-state index in [-0.39, 0.29) is 12.4 Å². The molecule has 1 heterocycles. The number of nitrogens with one attached hydrogen (secondary N) is 1. The highest BCUT2D eigenvalue weighted by Gasteiger charge is 2.33. The van der Waals surface area contributed by atoms with E-state index in [2.05, 4.69) is 4.72 Å². The monoisotopic (exact) mass is 300 g/mol. The molecule has 1 aliphatic rings. The summed E-state index contributed by atoms with van der Waals surface area (Å²) in [4.78, 5) is 0. The molecule has 0 bridgehead atoms. The number of nitrogen functional groups attached to an aromatic ring is 1. The van der Waals surface area contributed by atoms with Crippen molar-refractivity contribution in [1.29, 1.82) is 0 Å². The van der Waals surface area contributed by atoms with Gasteiger partial charge < -0.3 is 15.2 Å². The number of hydrogen-bond acceptors (Lipinski definition) is 5. The third-order valence-corrected chi connectivity index (χ3v) is 4.61. The Bertz CT molecular complexity index is 553. The van der Waals surface area contributed by atoms with Crippen LogP contribution >= 0.6 is 0 Å².